The summed E-state index contributed by atoms with van der Waals surface area (Å²) in [7, 11) is 0. The maximum absolute atomic E-state index is 12.0. The van der Waals surface area contributed by atoms with Gasteiger partial charge < -0.3 is 0 Å². The first kappa shape index (κ1) is 10.8. The number of carbonyl (C=O) groups excluding carboxylic acids is 1. The van der Waals surface area contributed by atoms with E-state index in [4.69, 9.17) is 11.6 Å². The lowest BCUT2D eigenvalue weighted by atomic mass is 10.2. The Morgan fingerprint density at radius 2 is 2.38 bits per heavy atom. The molecule has 7 heteroatoms. The number of ketones is 1. The van der Waals surface area contributed by atoms with E-state index in [1.807, 2.05) is 6.92 Å². The molecule has 0 unspecified atom stereocenters. The molecule has 0 aliphatic rings. The van der Waals surface area contributed by atoms with Crippen LogP contribution >= 0.6 is 11.6 Å². The van der Waals surface area contributed by atoms with E-state index < -0.39 is 0 Å². The third-order valence-electron chi connectivity index (χ3n) is 2.09. The van der Waals surface area contributed by atoms with Crippen molar-refractivity contribution in [3.8, 4) is 0 Å². The van der Waals surface area contributed by atoms with Gasteiger partial charge in [0.2, 0.25) is 5.78 Å². The van der Waals surface area contributed by atoms with E-state index in [2.05, 4.69) is 20.5 Å². The van der Waals surface area contributed by atoms with Crippen LogP contribution in [0.5, 0.6) is 0 Å². The molecule has 0 aliphatic carbocycles. The van der Waals surface area contributed by atoms with E-state index in [0.717, 1.165) is 6.42 Å². The summed E-state index contributed by atoms with van der Waals surface area (Å²) in [5.41, 5.74) is 0.595. The highest BCUT2D eigenvalue weighted by Gasteiger charge is 2.20. The van der Waals surface area contributed by atoms with Crippen LogP contribution in [0, 0.1) is 0 Å². The molecule has 0 saturated carbocycles. The summed E-state index contributed by atoms with van der Waals surface area (Å²) in [6.07, 6.45) is 3.70. The number of H-pyrrole nitrogens is 1. The van der Waals surface area contributed by atoms with Gasteiger partial charge in [-0.2, -0.15) is 20.5 Å². The summed E-state index contributed by atoms with van der Waals surface area (Å²) in [4.78, 5) is 12.0. The van der Waals surface area contributed by atoms with Crippen LogP contribution < -0.4 is 0 Å². The van der Waals surface area contributed by atoms with Crippen molar-refractivity contribution in [1.82, 2.24) is 25.2 Å². The lowest BCUT2D eigenvalue weighted by Gasteiger charge is -2.03. The molecule has 0 aromatic carbocycles. The number of rotatable bonds is 4. The zero-order valence-corrected chi connectivity index (χ0v) is 9.40. The highest BCUT2D eigenvalue weighted by Crippen LogP contribution is 2.18. The average molecular weight is 240 g/mol. The van der Waals surface area contributed by atoms with Gasteiger partial charge in [-0.15, -0.1) is 0 Å². The van der Waals surface area contributed by atoms with Crippen molar-refractivity contribution in [3.63, 3.8) is 0 Å². The van der Waals surface area contributed by atoms with Gasteiger partial charge in [0.15, 0.2) is 5.69 Å². The molecule has 2 heterocycles. The average Bonchev–Trinajstić information content (AvgIpc) is 2.88. The topological polar surface area (TPSA) is 76.5 Å². The third-order valence-corrected chi connectivity index (χ3v) is 2.37. The van der Waals surface area contributed by atoms with Gasteiger partial charge in [0.1, 0.15) is 5.69 Å². The summed E-state index contributed by atoms with van der Waals surface area (Å²) in [5.74, 6) is -0.273. The van der Waals surface area contributed by atoms with E-state index in [0.29, 0.717) is 17.3 Å². The van der Waals surface area contributed by atoms with Gasteiger partial charge in [-0.25, -0.2) is 0 Å². The fraction of sp³-hybridized carbons (Fsp3) is 0.333. The van der Waals surface area contributed by atoms with Gasteiger partial charge in [0.05, 0.1) is 17.4 Å². The Bertz CT molecular complexity index is 490. The van der Waals surface area contributed by atoms with Crippen molar-refractivity contribution in [2.24, 2.45) is 0 Å². The van der Waals surface area contributed by atoms with Gasteiger partial charge >= 0.3 is 0 Å². The normalized spacial score (nSPS) is 10.6. The van der Waals surface area contributed by atoms with Crippen molar-refractivity contribution in [1.29, 1.82) is 0 Å². The first-order chi connectivity index (χ1) is 7.74. The lowest BCUT2D eigenvalue weighted by Crippen LogP contribution is -2.12. The minimum Gasteiger partial charge on any atom is -0.285 e. The summed E-state index contributed by atoms with van der Waals surface area (Å²) >= 11 is 5.93. The number of hydrogen-bond acceptors (Lipinski definition) is 4. The fourth-order valence-corrected chi connectivity index (χ4v) is 1.63. The van der Waals surface area contributed by atoms with E-state index >= 15 is 0 Å². The predicted molar refractivity (Wildman–Crippen MR) is 57.3 cm³/mol. The monoisotopic (exact) mass is 239 g/mol. The quantitative estimate of drug-likeness (QED) is 0.816. The maximum Gasteiger partial charge on any atom is 0.234 e. The molecule has 0 fully saturated rings. The molecule has 2 aromatic rings. The zero-order chi connectivity index (χ0) is 11.5. The van der Waals surface area contributed by atoms with Crippen LogP contribution in [0.2, 0.25) is 5.02 Å². The molecule has 0 spiro atoms. The summed E-state index contributed by atoms with van der Waals surface area (Å²) in [5, 5.41) is 14.1. The van der Waals surface area contributed by atoms with E-state index in [1.165, 1.54) is 12.4 Å². The molecular formula is C9H10ClN5O. The molecule has 0 radical (unpaired) electrons. The molecule has 2 aromatic heterocycles. The zero-order valence-electron chi connectivity index (χ0n) is 8.64. The molecular weight excluding hydrogens is 230 g/mol. The van der Waals surface area contributed by atoms with Gasteiger partial charge in [-0.3, -0.25) is 9.48 Å². The van der Waals surface area contributed by atoms with Crippen LogP contribution in [0.1, 0.15) is 29.5 Å². The largest absolute Gasteiger partial charge is 0.285 e. The van der Waals surface area contributed by atoms with E-state index in [-0.39, 0.29) is 11.5 Å². The van der Waals surface area contributed by atoms with Gasteiger partial charge in [0, 0.05) is 6.54 Å². The lowest BCUT2D eigenvalue weighted by molar-refractivity contribution is 0.102. The van der Waals surface area contributed by atoms with Crippen LogP contribution in [-0.4, -0.2) is 31.0 Å². The Kier molecular flexibility index (Phi) is 3.00. The minimum absolute atomic E-state index is 0.236. The number of hydrogen-bond donors (Lipinski definition) is 1. The Morgan fingerprint density at radius 1 is 1.56 bits per heavy atom. The maximum atomic E-state index is 12.0. The highest BCUT2D eigenvalue weighted by atomic mass is 35.5. The van der Waals surface area contributed by atoms with Crippen molar-refractivity contribution in [2.45, 2.75) is 19.9 Å². The van der Waals surface area contributed by atoms with Crippen LogP contribution in [0.3, 0.4) is 0 Å². The van der Waals surface area contributed by atoms with Gasteiger partial charge in [0.25, 0.3) is 0 Å². The molecule has 0 atom stereocenters. The summed E-state index contributed by atoms with van der Waals surface area (Å²) in [6, 6.07) is 0. The number of aromatic nitrogens is 5. The van der Waals surface area contributed by atoms with Crippen LogP contribution in [0.25, 0.3) is 0 Å². The Hall–Kier alpha value is -1.69. The molecule has 0 amide bonds. The Morgan fingerprint density at radius 3 is 3.00 bits per heavy atom. The number of aryl methyl sites for hydroxylation is 1. The highest BCUT2D eigenvalue weighted by molar-refractivity contribution is 6.34. The molecule has 84 valence electrons. The van der Waals surface area contributed by atoms with Crippen molar-refractivity contribution < 1.29 is 4.79 Å². The number of aromatic amines is 1. The van der Waals surface area contributed by atoms with Gasteiger partial charge in [-0.05, 0) is 6.42 Å². The molecule has 0 bridgehead atoms. The predicted octanol–water partition coefficient (Wildman–Crippen LogP) is 1.30. The Labute approximate surface area is 96.6 Å². The second kappa shape index (κ2) is 4.44. The number of nitrogens with one attached hydrogen (secondary N) is 1. The minimum atomic E-state index is -0.273. The number of carbonyl (C=O) groups is 1. The SMILES string of the molecule is CCCn1ncc(Cl)c1C(=O)c1cn[nH]n1. The van der Waals surface area contributed by atoms with Crippen LogP contribution in [0.4, 0.5) is 0 Å². The molecule has 0 aliphatic heterocycles. The van der Waals surface area contributed by atoms with E-state index in [1.54, 1.807) is 4.68 Å². The molecule has 16 heavy (non-hydrogen) atoms. The van der Waals surface area contributed by atoms with Crippen molar-refractivity contribution >= 4 is 17.4 Å². The molecule has 1 N–H and O–H groups in total. The van der Waals surface area contributed by atoms with E-state index in [9.17, 15) is 4.79 Å². The second-order valence-electron chi connectivity index (χ2n) is 3.25. The fourth-order valence-electron chi connectivity index (χ4n) is 1.40. The van der Waals surface area contributed by atoms with Crippen LogP contribution in [-0.2, 0) is 6.54 Å². The molecule has 2 rings (SSSR count). The first-order valence-electron chi connectivity index (χ1n) is 4.85. The molecule has 0 saturated heterocycles. The molecule has 6 nitrogen and oxygen atoms in total. The van der Waals surface area contributed by atoms with Gasteiger partial charge in [-0.1, -0.05) is 18.5 Å². The smallest absolute Gasteiger partial charge is 0.234 e. The second-order valence-corrected chi connectivity index (χ2v) is 3.66. The van der Waals surface area contributed by atoms with Crippen molar-refractivity contribution in [2.75, 3.05) is 0 Å². The number of nitrogens with zero attached hydrogens (tertiary/aromatic N) is 4. The first-order valence-corrected chi connectivity index (χ1v) is 5.23. The van der Waals surface area contributed by atoms with Crippen LogP contribution in [0.15, 0.2) is 12.4 Å². The summed E-state index contributed by atoms with van der Waals surface area (Å²) < 4.78 is 1.58. The summed E-state index contributed by atoms with van der Waals surface area (Å²) in [6.45, 7) is 2.64. The third kappa shape index (κ3) is 1.83. The standard InChI is InChI=1S/C9H10ClN5O/c1-2-3-15-8(6(10)4-12-15)9(16)7-5-11-14-13-7/h4-5H,2-3H2,1H3,(H,11,13,14). The number of halogens is 1. The van der Waals surface area contributed by atoms with Crippen molar-refractivity contribution in [3.05, 3.63) is 28.8 Å². The Balaban J connectivity index is 2.39.